The van der Waals surface area contributed by atoms with E-state index in [1.807, 2.05) is 30.3 Å². The summed E-state index contributed by atoms with van der Waals surface area (Å²) >= 11 is 0. The fraction of sp³-hybridized carbons (Fsp3) is 0.286. The van der Waals surface area contributed by atoms with Crippen LogP contribution in [0.3, 0.4) is 0 Å². The van der Waals surface area contributed by atoms with Crippen LogP contribution in [0, 0.1) is 0 Å². The van der Waals surface area contributed by atoms with E-state index < -0.39 is 17.7 Å². The molecule has 5 nitrogen and oxygen atoms in total. The second kappa shape index (κ2) is 5.14. The minimum absolute atomic E-state index is 0.129. The Labute approximate surface area is 111 Å². The Morgan fingerprint density at radius 1 is 1.11 bits per heavy atom. The summed E-state index contributed by atoms with van der Waals surface area (Å²) in [5, 5.41) is 2.90. The maximum atomic E-state index is 11.6. The van der Waals surface area contributed by atoms with Crippen LogP contribution in [0.2, 0.25) is 0 Å². The van der Waals surface area contributed by atoms with Crippen LogP contribution in [0.4, 0.5) is 0 Å². The fourth-order valence-electron chi connectivity index (χ4n) is 1.65. The molecule has 0 aliphatic carbocycles. The zero-order valence-electron chi connectivity index (χ0n) is 10.8. The highest BCUT2D eigenvalue weighted by molar-refractivity contribution is 6.15. The molecular weight excluding hydrogens is 246 g/mol. The number of hydrogen-bond donors (Lipinski definition) is 1. The molecule has 1 aliphatic rings. The van der Waals surface area contributed by atoms with Crippen molar-refractivity contribution in [2.75, 3.05) is 0 Å². The first-order chi connectivity index (χ1) is 8.98. The van der Waals surface area contributed by atoms with E-state index in [9.17, 15) is 9.59 Å². The van der Waals surface area contributed by atoms with Crippen molar-refractivity contribution in [2.45, 2.75) is 26.2 Å². The summed E-state index contributed by atoms with van der Waals surface area (Å²) in [5.41, 5.74) is 0.910. The van der Waals surface area contributed by atoms with Crippen molar-refractivity contribution in [1.82, 2.24) is 5.32 Å². The lowest BCUT2D eigenvalue weighted by molar-refractivity contribution is -0.222. The third-order valence-corrected chi connectivity index (χ3v) is 2.51. The minimum atomic E-state index is -1.20. The molecule has 0 amide bonds. The molecule has 5 heteroatoms. The van der Waals surface area contributed by atoms with E-state index in [-0.39, 0.29) is 5.57 Å². The molecule has 0 radical (unpaired) electrons. The molecule has 1 N–H and O–H groups in total. The van der Waals surface area contributed by atoms with Crippen LogP contribution in [-0.4, -0.2) is 17.7 Å². The number of carbonyl (C=O) groups is 2. The lowest BCUT2D eigenvalue weighted by Crippen LogP contribution is -2.42. The summed E-state index contributed by atoms with van der Waals surface area (Å²) < 4.78 is 9.94. The van der Waals surface area contributed by atoms with E-state index in [2.05, 4.69) is 5.32 Å². The Morgan fingerprint density at radius 2 is 1.68 bits per heavy atom. The second-order valence-corrected chi connectivity index (χ2v) is 4.60. The zero-order chi connectivity index (χ0) is 13.9. The monoisotopic (exact) mass is 261 g/mol. The van der Waals surface area contributed by atoms with E-state index in [4.69, 9.17) is 9.47 Å². The third-order valence-electron chi connectivity index (χ3n) is 2.51. The van der Waals surface area contributed by atoms with Crippen molar-refractivity contribution in [2.24, 2.45) is 0 Å². The summed E-state index contributed by atoms with van der Waals surface area (Å²) in [5.74, 6) is -2.56. The van der Waals surface area contributed by atoms with Gasteiger partial charge in [-0.2, -0.15) is 0 Å². The van der Waals surface area contributed by atoms with Gasteiger partial charge in [0.25, 0.3) is 5.79 Å². The highest BCUT2D eigenvalue weighted by Gasteiger charge is 2.38. The first-order valence-corrected chi connectivity index (χ1v) is 5.92. The molecular formula is C14H15NO4. The number of carbonyl (C=O) groups excluding carboxylic acids is 2. The van der Waals surface area contributed by atoms with Gasteiger partial charge < -0.3 is 14.8 Å². The number of benzene rings is 1. The Kier molecular flexibility index (Phi) is 3.55. The van der Waals surface area contributed by atoms with Crippen molar-refractivity contribution in [1.29, 1.82) is 0 Å². The number of nitrogens with one attached hydrogen (secondary N) is 1. The Morgan fingerprint density at radius 3 is 2.26 bits per heavy atom. The second-order valence-electron chi connectivity index (χ2n) is 4.60. The number of cyclic esters (lactones) is 2. The summed E-state index contributed by atoms with van der Waals surface area (Å²) in [6.07, 6.45) is 1.33. The highest BCUT2D eigenvalue weighted by atomic mass is 16.7. The first kappa shape index (κ1) is 13.1. The predicted octanol–water partition coefficient (Wildman–Crippen LogP) is 1.50. The quantitative estimate of drug-likeness (QED) is 0.507. The molecule has 1 aromatic rings. The maximum absolute atomic E-state index is 11.6. The van der Waals surface area contributed by atoms with Crippen molar-refractivity contribution < 1.29 is 19.1 Å². The van der Waals surface area contributed by atoms with E-state index in [0.717, 1.165) is 5.56 Å². The molecule has 1 fully saturated rings. The van der Waals surface area contributed by atoms with Crippen molar-refractivity contribution >= 4 is 11.9 Å². The van der Waals surface area contributed by atoms with E-state index >= 15 is 0 Å². The molecule has 0 spiro atoms. The van der Waals surface area contributed by atoms with Crippen LogP contribution in [-0.2, 0) is 25.6 Å². The van der Waals surface area contributed by atoms with Crippen LogP contribution in [0.25, 0.3) is 0 Å². The molecule has 0 saturated carbocycles. The van der Waals surface area contributed by atoms with Gasteiger partial charge in [-0.1, -0.05) is 30.3 Å². The van der Waals surface area contributed by atoms with Gasteiger partial charge in [0.2, 0.25) is 0 Å². The maximum Gasteiger partial charge on any atom is 0.350 e. The zero-order valence-corrected chi connectivity index (χ0v) is 10.8. The average molecular weight is 261 g/mol. The standard InChI is InChI=1S/C14H15NO4/c1-14(2)18-12(16)11(13(17)19-14)9-15-8-10-6-4-3-5-7-10/h3-7,9,15H,8H2,1-2H3. The van der Waals surface area contributed by atoms with Crippen LogP contribution < -0.4 is 5.32 Å². The van der Waals surface area contributed by atoms with E-state index in [1.54, 1.807) is 0 Å². The van der Waals surface area contributed by atoms with Gasteiger partial charge in [0.1, 0.15) is 0 Å². The molecule has 0 aromatic heterocycles. The topological polar surface area (TPSA) is 64.6 Å². The van der Waals surface area contributed by atoms with Gasteiger partial charge in [-0.25, -0.2) is 9.59 Å². The Balaban J connectivity index is 2.00. The number of ether oxygens (including phenoxy) is 2. The van der Waals surface area contributed by atoms with Crippen molar-refractivity contribution in [3.05, 3.63) is 47.7 Å². The van der Waals surface area contributed by atoms with Gasteiger partial charge in [0.15, 0.2) is 5.57 Å². The van der Waals surface area contributed by atoms with Gasteiger partial charge in [0.05, 0.1) is 0 Å². The van der Waals surface area contributed by atoms with Gasteiger partial charge >= 0.3 is 11.9 Å². The number of esters is 2. The van der Waals surface area contributed by atoms with Crippen molar-refractivity contribution in [3.63, 3.8) is 0 Å². The fourth-order valence-corrected chi connectivity index (χ4v) is 1.65. The summed E-state index contributed by atoms with van der Waals surface area (Å²) in [6.45, 7) is 3.53. The molecule has 100 valence electrons. The largest absolute Gasteiger partial charge is 0.419 e. The molecule has 1 aliphatic heterocycles. The summed E-state index contributed by atoms with van der Waals surface area (Å²) in [4.78, 5) is 23.3. The molecule has 2 rings (SSSR count). The molecule has 1 heterocycles. The summed E-state index contributed by atoms with van der Waals surface area (Å²) in [6, 6.07) is 9.61. The minimum Gasteiger partial charge on any atom is -0.419 e. The van der Waals surface area contributed by atoms with Crippen LogP contribution in [0.1, 0.15) is 19.4 Å². The smallest absolute Gasteiger partial charge is 0.350 e. The number of rotatable bonds is 3. The van der Waals surface area contributed by atoms with E-state index in [1.165, 1.54) is 20.0 Å². The highest BCUT2D eigenvalue weighted by Crippen LogP contribution is 2.21. The van der Waals surface area contributed by atoms with Gasteiger partial charge in [-0.15, -0.1) is 0 Å². The average Bonchev–Trinajstić information content (AvgIpc) is 2.32. The lowest BCUT2D eigenvalue weighted by Gasteiger charge is -2.29. The van der Waals surface area contributed by atoms with Crippen LogP contribution in [0.15, 0.2) is 42.1 Å². The first-order valence-electron chi connectivity index (χ1n) is 5.92. The molecule has 1 aromatic carbocycles. The molecule has 0 bridgehead atoms. The predicted molar refractivity (Wildman–Crippen MR) is 67.6 cm³/mol. The Bertz CT molecular complexity index is 498. The van der Waals surface area contributed by atoms with Gasteiger partial charge in [-0.3, -0.25) is 0 Å². The van der Waals surface area contributed by atoms with Crippen molar-refractivity contribution in [3.8, 4) is 0 Å². The van der Waals surface area contributed by atoms with Crippen LogP contribution >= 0.6 is 0 Å². The Hall–Kier alpha value is -2.30. The summed E-state index contributed by atoms with van der Waals surface area (Å²) in [7, 11) is 0. The molecule has 19 heavy (non-hydrogen) atoms. The third kappa shape index (κ3) is 3.34. The molecule has 0 atom stereocenters. The lowest BCUT2D eigenvalue weighted by atomic mass is 10.2. The normalized spacial score (nSPS) is 17.5. The van der Waals surface area contributed by atoms with Gasteiger partial charge in [-0.05, 0) is 5.56 Å². The van der Waals surface area contributed by atoms with Gasteiger partial charge in [0, 0.05) is 26.6 Å². The van der Waals surface area contributed by atoms with Crippen LogP contribution in [0.5, 0.6) is 0 Å². The van der Waals surface area contributed by atoms with E-state index in [0.29, 0.717) is 6.54 Å². The number of hydrogen-bond acceptors (Lipinski definition) is 5. The molecule has 1 saturated heterocycles. The SMILES string of the molecule is CC1(C)OC(=O)C(=CNCc2ccccc2)C(=O)O1. The molecule has 0 unspecified atom stereocenters.